The van der Waals surface area contributed by atoms with Gasteiger partial charge in [-0.25, -0.2) is 9.13 Å². The van der Waals surface area contributed by atoms with Crippen LogP contribution in [0.4, 0.5) is 0 Å². The summed E-state index contributed by atoms with van der Waals surface area (Å²) in [5.41, 5.74) is 2.18. The molecule has 0 unspecified atom stereocenters. The maximum absolute atomic E-state index is 4.01. The van der Waals surface area contributed by atoms with Crippen LogP contribution in [0.3, 0.4) is 0 Å². The predicted octanol–water partition coefficient (Wildman–Crippen LogP) is 1.54. The van der Waals surface area contributed by atoms with E-state index in [0.717, 1.165) is 11.4 Å². The molecule has 82 valence electrons. The number of aromatic nitrogens is 4. The molecule has 4 nitrogen and oxygen atoms in total. The SMILES string of the molecule is c1cc(-n2cc[n+](-c3ccncc3)c2)ccn1. The zero-order valence-corrected chi connectivity index (χ0v) is 9.14. The van der Waals surface area contributed by atoms with E-state index in [-0.39, 0.29) is 0 Å². The Morgan fingerprint density at radius 2 is 1.53 bits per heavy atom. The number of hydrogen-bond acceptors (Lipinski definition) is 2. The van der Waals surface area contributed by atoms with Crippen molar-refractivity contribution >= 4 is 0 Å². The van der Waals surface area contributed by atoms with Crippen molar-refractivity contribution in [1.29, 1.82) is 0 Å². The van der Waals surface area contributed by atoms with Crippen LogP contribution in [-0.4, -0.2) is 14.5 Å². The molecule has 0 N–H and O–H groups in total. The van der Waals surface area contributed by atoms with Crippen LogP contribution in [0.25, 0.3) is 11.4 Å². The van der Waals surface area contributed by atoms with Crippen molar-refractivity contribution in [3.05, 3.63) is 67.8 Å². The molecule has 0 aliphatic carbocycles. The van der Waals surface area contributed by atoms with Crippen LogP contribution in [0.5, 0.6) is 0 Å². The zero-order chi connectivity index (χ0) is 11.5. The lowest BCUT2D eigenvalue weighted by Gasteiger charge is -1.94. The molecule has 3 aromatic heterocycles. The van der Waals surface area contributed by atoms with Crippen LogP contribution < -0.4 is 4.57 Å². The van der Waals surface area contributed by atoms with Crippen LogP contribution >= 0.6 is 0 Å². The van der Waals surface area contributed by atoms with E-state index in [4.69, 9.17) is 0 Å². The first-order valence-electron chi connectivity index (χ1n) is 5.33. The molecule has 4 heteroatoms. The molecule has 17 heavy (non-hydrogen) atoms. The van der Waals surface area contributed by atoms with Gasteiger partial charge >= 0.3 is 0 Å². The Morgan fingerprint density at radius 1 is 0.882 bits per heavy atom. The Morgan fingerprint density at radius 3 is 2.24 bits per heavy atom. The minimum absolute atomic E-state index is 1.09. The average Bonchev–Trinajstić information content (AvgIpc) is 2.90. The topological polar surface area (TPSA) is 34.6 Å². The van der Waals surface area contributed by atoms with Crippen molar-refractivity contribution in [1.82, 2.24) is 14.5 Å². The van der Waals surface area contributed by atoms with E-state index in [9.17, 15) is 0 Å². The van der Waals surface area contributed by atoms with E-state index in [1.54, 1.807) is 24.8 Å². The molecule has 0 amide bonds. The van der Waals surface area contributed by atoms with Crippen molar-refractivity contribution < 1.29 is 4.57 Å². The summed E-state index contributed by atoms with van der Waals surface area (Å²) < 4.78 is 4.09. The number of imidazole rings is 1. The van der Waals surface area contributed by atoms with Gasteiger partial charge in [0.1, 0.15) is 23.8 Å². The minimum Gasteiger partial charge on any atom is -0.264 e. The summed E-state index contributed by atoms with van der Waals surface area (Å²) >= 11 is 0. The lowest BCUT2D eigenvalue weighted by molar-refractivity contribution is -0.594. The van der Waals surface area contributed by atoms with Crippen molar-refractivity contribution in [2.75, 3.05) is 0 Å². The third-order valence-corrected chi connectivity index (χ3v) is 2.56. The number of hydrogen-bond donors (Lipinski definition) is 0. The highest BCUT2D eigenvalue weighted by atomic mass is 15.1. The van der Waals surface area contributed by atoms with E-state index in [0.29, 0.717) is 0 Å². The van der Waals surface area contributed by atoms with Gasteiger partial charge in [0.15, 0.2) is 0 Å². The molecule has 0 saturated heterocycles. The smallest absolute Gasteiger partial charge is 0.254 e. The summed E-state index contributed by atoms with van der Waals surface area (Å²) in [6, 6.07) is 7.88. The zero-order valence-electron chi connectivity index (χ0n) is 9.14. The first kappa shape index (κ1) is 9.72. The van der Waals surface area contributed by atoms with Gasteiger partial charge in [-0.05, 0) is 0 Å². The fourth-order valence-corrected chi connectivity index (χ4v) is 1.69. The molecule has 0 radical (unpaired) electrons. The summed E-state index contributed by atoms with van der Waals surface area (Å²) in [7, 11) is 0. The fraction of sp³-hybridized carbons (Fsp3) is 0. The van der Waals surface area contributed by atoms with Crippen LogP contribution in [0.1, 0.15) is 0 Å². The Kier molecular flexibility index (Phi) is 2.38. The Hall–Kier alpha value is -2.49. The first-order valence-corrected chi connectivity index (χ1v) is 5.33. The maximum atomic E-state index is 4.01. The normalized spacial score (nSPS) is 10.4. The molecule has 0 saturated carbocycles. The Labute approximate surface area is 98.8 Å². The van der Waals surface area contributed by atoms with Gasteiger partial charge in [-0.15, -0.1) is 0 Å². The van der Waals surface area contributed by atoms with Gasteiger partial charge in [0.25, 0.3) is 6.33 Å². The molecule has 0 spiro atoms. The number of pyridine rings is 2. The predicted molar refractivity (Wildman–Crippen MR) is 62.9 cm³/mol. The fourth-order valence-electron chi connectivity index (χ4n) is 1.69. The molecule has 0 fully saturated rings. The molecule has 0 bridgehead atoms. The molecule has 3 rings (SSSR count). The largest absolute Gasteiger partial charge is 0.264 e. The van der Waals surface area contributed by atoms with Crippen molar-refractivity contribution in [2.24, 2.45) is 0 Å². The summed E-state index contributed by atoms with van der Waals surface area (Å²) in [5.74, 6) is 0. The second-order valence-electron chi connectivity index (χ2n) is 3.64. The summed E-state index contributed by atoms with van der Waals surface area (Å²) in [4.78, 5) is 8.01. The van der Waals surface area contributed by atoms with E-state index in [2.05, 4.69) is 9.97 Å². The molecule has 0 aliphatic heterocycles. The summed E-state index contributed by atoms with van der Waals surface area (Å²) in [5, 5.41) is 0. The molecule has 3 heterocycles. The molecule has 3 aromatic rings. The lowest BCUT2D eigenvalue weighted by Crippen LogP contribution is -2.27. The van der Waals surface area contributed by atoms with Crippen molar-refractivity contribution in [3.8, 4) is 11.4 Å². The molecule has 0 aliphatic rings. The van der Waals surface area contributed by atoms with Crippen LogP contribution in [0, 0.1) is 0 Å². The second-order valence-corrected chi connectivity index (χ2v) is 3.64. The van der Waals surface area contributed by atoms with Gasteiger partial charge in [-0.2, -0.15) is 0 Å². The monoisotopic (exact) mass is 223 g/mol. The van der Waals surface area contributed by atoms with E-state index in [1.165, 1.54) is 0 Å². The molecular weight excluding hydrogens is 212 g/mol. The maximum Gasteiger partial charge on any atom is 0.254 e. The van der Waals surface area contributed by atoms with Crippen LogP contribution in [0.15, 0.2) is 67.8 Å². The summed E-state index contributed by atoms with van der Waals surface area (Å²) in [6.07, 6.45) is 13.2. The van der Waals surface area contributed by atoms with Gasteiger partial charge in [0, 0.05) is 49.1 Å². The highest BCUT2D eigenvalue weighted by molar-refractivity contribution is 5.28. The van der Waals surface area contributed by atoms with E-state index < -0.39 is 0 Å². The van der Waals surface area contributed by atoms with Crippen molar-refractivity contribution in [3.63, 3.8) is 0 Å². The molecule has 0 aromatic carbocycles. The lowest BCUT2D eigenvalue weighted by atomic mass is 10.4. The van der Waals surface area contributed by atoms with Crippen LogP contribution in [0.2, 0.25) is 0 Å². The molecule has 0 atom stereocenters. The van der Waals surface area contributed by atoms with Gasteiger partial charge in [0.05, 0.1) is 0 Å². The van der Waals surface area contributed by atoms with E-state index in [1.807, 2.05) is 52.1 Å². The summed E-state index contributed by atoms with van der Waals surface area (Å²) in [6.45, 7) is 0. The third kappa shape index (κ3) is 1.92. The number of nitrogens with zero attached hydrogens (tertiary/aromatic N) is 4. The highest BCUT2D eigenvalue weighted by Gasteiger charge is 2.07. The first-order chi connectivity index (χ1) is 8.43. The Balaban J connectivity index is 1.99. The molecular formula is C13H11N4+. The average molecular weight is 223 g/mol. The van der Waals surface area contributed by atoms with Gasteiger partial charge in [-0.1, -0.05) is 0 Å². The van der Waals surface area contributed by atoms with Gasteiger partial charge < -0.3 is 0 Å². The van der Waals surface area contributed by atoms with Gasteiger partial charge in [-0.3, -0.25) is 9.97 Å². The minimum atomic E-state index is 1.09. The van der Waals surface area contributed by atoms with Crippen LogP contribution in [-0.2, 0) is 0 Å². The standard InChI is InChI=1S/C13H11N4/c1-5-14-6-2-12(1)16-9-10-17(11-16)13-3-7-15-8-4-13/h1-11H/q+1. The Bertz CT molecular complexity index is 548. The second kappa shape index (κ2) is 4.17. The quantitative estimate of drug-likeness (QED) is 0.618. The number of rotatable bonds is 2. The van der Waals surface area contributed by atoms with Gasteiger partial charge in [0.2, 0.25) is 0 Å². The highest BCUT2D eigenvalue weighted by Crippen LogP contribution is 2.04. The van der Waals surface area contributed by atoms with E-state index >= 15 is 0 Å². The third-order valence-electron chi connectivity index (χ3n) is 2.56. The van der Waals surface area contributed by atoms with Crippen molar-refractivity contribution in [2.45, 2.75) is 0 Å².